The normalized spacial score (nSPS) is 16.9. The first-order chi connectivity index (χ1) is 15.3. The summed E-state index contributed by atoms with van der Waals surface area (Å²) < 4.78 is 10.7. The van der Waals surface area contributed by atoms with E-state index in [4.69, 9.17) is 14.1 Å². The lowest BCUT2D eigenvalue weighted by molar-refractivity contribution is -0.152. The molecule has 1 aliphatic rings. The Morgan fingerprint density at radius 3 is 2.72 bits per heavy atom. The fourth-order valence-corrected chi connectivity index (χ4v) is 3.48. The lowest BCUT2D eigenvalue weighted by Crippen LogP contribution is -2.50. The first-order valence-corrected chi connectivity index (χ1v) is 10.9. The third kappa shape index (κ3) is 6.46. The van der Waals surface area contributed by atoms with Crippen LogP contribution >= 0.6 is 0 Å². The van der Waals surface area contributed by atoms with Crippen LogP contribution in [0.2, 0.25) is 0 Å². The van der Waals surface area contributed by atoms with Crippen LogP contribution in [-0.4, -0.2) is 52.5 Å². The average molecular weight is 445 g/mol. The minimum absolute atomic E-state index is 0.180. The van der Waals surface area contributed by atoms with Gasteiger partial charge in [0.05, 0.1) is 12.6 Å². The van der Waals surface area contributed by atoms with Gasteiger partial charge in [0, 0.05) is 25.6 Å². The van der Waals surface area contributed by atoms with Crippen LogP contribution in [-0.2, 0) is 22.6 Å². The van der Waals surface area contributed by atoms with Crippen molar-refractivity contribution < 1.29 is 23.7 Å². The Morgan fingerprint density at radius 2 is 2.03 bits per heavy atom. The van der Waals surface area contributed by atoms with Crippen LogP contribution in [0.5, 0.6) is 0 Å². The van der Waals surface area contributed by atoms with Crippen LogP contribution in [0, 0.1) is 0 Å². The van der Waals surface area contributed by atoms with Gasteiger partial charge in [-0.25, -0.2) is 14.7 Å². The molecule has 9 nitrogen and oxygen atoms in total. The number of urea groups is 1. The molecule has 0 bridgehead atoms. The second kappa shape index (κ2) is 10.5. The highest BCUT2D eigenvalue weighted by atomic mass is 16.7. The number of ether oxygens (including phenoxy) is 1. The topological polar surface area (TPSA) is 97.1 Å². The van der Waals surface area contributed by atoms with Gasteiger partial charge in [-0.15, -0.1) is 0 Å². The van der Waals surface area contributed by atoms with Gasteiger partial charge in [0.25, 0.3) is 0 Å². The highest BCUT2D eigenvalue weighted by Crippen LogP contribution is 2.30. The summed E-state index contributed by atoms with van der Waals surface area (Å²) >= 11 is 0. The number of hydrogen-bond acceptors (Lipinski definition) is 6. The minimum atomic E-state index is -0.542. The lowest BCUT2D eigenvalue weighted by atomic mass is 10.1. The van der Waals surface area contributed by atoms with Gasteiger partial charge in [0.2, 0.25) is 0 Å². The molecule has 174 valence electrons. The maximum absolute atomic E-state index is 12.9. The van der Waals surface area contributed by atoms with Crippen LogP contribution in [0.15, 0.2) is 40.9 Å². The number of hydrogen-bond donors (Lipinski definition) is 1. The highest BCUT2D eigenvalue weighted by Gasteiger charge is 2.35. The fraction of sp³-hybridized carbons (Fsp3) is 0.522. The van der Waals surface area contributed by atoms with Crippen molar-refractivity contribution >= 4 is 12.1 Å². The summed E-state index contributed by atoms with van der Waals surface area (Å²) in [4.78, 5) is 32.2. The molecular weight excluding hydrogens is 412 g/mol. The summed E-state index contributed by atoms with van der Waals surface area (Å²) in [6, 6.07) is 11.2. The zero-order valence-electron chi connectivity index (χ0n) is 19.2. The van der Waals surface area contributed by atoms with Gasteiger partial charge in [-0.05, 0) is 39.7 Å². The van der Waals surface area contributed by atoms with Crippen molar-refractivity contribution in [2.24, 2.45) is 0 Å². The van der Waals surface area contributed by atoms with E-state index in [0.29, 0.717) is 50.5 Å². The third-order valence-electron chi connectivity index (χ3n) is 4.97. The number of hydroxylamine groups is 2. The Bertz CT molecular complexity index is 893. The molecule has 0 unspecified atom stereocenters. The molecule has 0 radical (unpaired) electrons. The molecule has 3 rings (SSSR count). The summed E-state index contributed by atoms with van der Waals surface area (Å²) in [6.45, 7) is 9.07. The molecule has 0 spiro atoms. The standard InChI is InChI=1S/C23H32N4O5/c1-5-26-20(12-14-27(22(26)29)30-16-17-9-7-6-8-10-17)19-15-18(32-25-19)11-13-24-21(28)31-23(2,3)4/h6-10,15,20H,5,11-14,16H2,1-4H3,(H,24,28)/t20-/m0/s1. The zero-order valence-corrected chi connectivity index (χ0v) is 19.2. The van der Waals surface area contributed by atoms with Gasteiger partial charge in [-0.3, -0.25) is 4.84 Å². The minimum Gasteiger partial charge on any atom is -0.444 e. The molecule has 1 fully saturated rings. The Kier molecular flexibility index (Phi) is 7.74. The largest absolute Gasteiger partial charge is 0.444 e. The van der Waals surface area contributed by atoms with Crippen LogP contribution in [0.3, 0.4) is 0 Å². The van der Waals surface area contributed by atoms with E-state index in [1.165, 1.54) is 5.06 Å². The third-order valence-corrected chi connectivity index (χ3v) is 4.97. The first kappa shape index (κ1) is 23.6. The van der Waals surface area contributed by atoms with Gasteiger partial charge in [-0.2, -0.15) is 0 Å². The molecule has 1 aromatic heterocycles. The molecule has 1 aromatic carbocycles. The Morgan fingerprint density at radius 1 is 1.28 bits per heavy atom. The van der Waals surface area contributed by atoms with E-state index in [1.54, 1.807) is 4.90 Å². The van der Waals surface area contributed by atoms with Crippen LogP contribution in [0.4, 0.5) is 9.59 Å². The predicted molar refractivity (Wildman–Crippen MR) is 118 cm³/mol. The van der Waals surface area contributed by atoms with E-state index in [9.17, 15) is 9.59 Å². The van der Waals surface area contributed by atoms with Crippen LogP contribution in [0.1, 0.15) is 57.2 Å². The molecule has 3 amide bonds. The molecular formula is C23H32N4O5. The number of nitrogens with zero attached hydrogens (tertiary/aromatic N) is 3. The van der Waals surface area contributed by atoms with E-state index in [2.05, 4.69) is 10.5 Å². The number of rotatable bonds is 8. The van der Waals surface area contributed by atoms with E-state index in [-0.39, 0.29) is 12.1 Å². The molecule has 1 aliphatic heterocycles. The zero-order chi connectivity index (χ0) is 23.1. The molecule has 0 aliphatic carbocycles. The Hall–Kier alpha value is -3.07. The fourth-order valence-electron chi connectivity index (χ4n) is 3.48. The average Bonchev–Trinajstić information content (AvgIpc) is 3.20. The van der Waals surface area contributed by atoms with Crippen molar-refractivity contribution in [2.75, 3.05) is 19.6 Å². The van der Waals surface area contributed by atoms with E-state index < -0.39 is 11.7 Å². The summed E-state index contributed by atoms with van der Waals surface area (Å²) in [5, 5.41) is 8.29. The van der Waals surface area contributed by atoms with E-state index >= 15 is 0 Å². The molecule has 1 atom stereocenters. The van der Waals surface area contributed by atoms with Gasteiger partial charge in [0.15, 0.2) is 0 Å². The monoisotopic (exact) mass is 444 g/mol. The number of benzene rings is 1. The van der Waals surface area contributed by atoms with Crippen LogP contribution < -0.4 is 5.32 Å². The molecule has 1 N–H and O–H groups in total. The van der Waals surface area contributed by atoms with Crippen molar-refractivity contribution in [1.82, 2.24) is 20.4 Å². The highest BCUT2D eigenvalue weighted by molar-refractivity contribution is 5.74. The van der Waals surface area contributed by atoms with Crippen molar-refractivity contribution in [3.8, 4) is 0 Å². The molecule has 0 saturated carbocycles. The van der Waals surface area contributed by atoms with Crippen molar-refractivity contribution in [1.29, 1.82) is 0 Å². The summed E-state index contributed by atoms with van der Waals surface area (Å²) in [6.07, 6.45) is 0.685. The van der Waals surface area contributed by atoms with Crippen molar-refractivity contribution in [2.45, 2.75) is 58.8 Å². The molecule has 32 heavy (non-hydrogen) atoms. The maximum atomic E-state index is 12.9. The number of nitrogens with one attached hydrogen (secondary N) is 1. The second-order valence-corrected chi connectivity index (χ2v) is 8.63. The molecule has 1 saturated heterocycles. The van der Waals surface area contributed by atoms with Gasteiger partial charge >= 0.3 is 12.1 Å². The van der Waals surface area contributed by atoms with Gasteiger partial charge < -0.3 is 19.5 Å². The number of amides is 3. The summed E-state index contributed by atoms with van der Waals surface area (Å²) in [5.41, 5.74) is 1.17. The molecule has 2 heterocycles. The van der Waals surface area contributed by atoms with E-state index in [1.807, 2.05) is 64.1 Å². The summed E-state index contributed by atoms with van der Waals surface area (Å²) in [7, 11) is 0. The Labute approximate surface area is 188 Å². The first-order valence-electron chi connectivity index (χ1n) is 10.9. The lowest BCUT2D eigenvalue weighted by Gasteiger charge is -2.39. The van der Waals surface area contributed by atoms with Gasteiger partial charge in [0.1, 0.15) is 23.7 Å². The van der Waals surface area contributed by atoms with Gasteiger partial charge in [-0.1, -0.05) is 35.5 Å². The predicted octanol–water partition coefficient (Wildman–Crippen LogP) is 4.06. The quantitative estimate of drug-likeness (QED) is 0.659. The van der Waals surface area contributed by atoms with Crippen molar-refractivity contribution in [3.05, 3.63) is 53.4 Å². The molecule has 2 aromatic rings. The second-order valence-electron chi connectivity index (χ2n) is 8.63. The number of aromatic nitrogens is 1. The van der Waals surface area contributed by atoms with Crippen LogP contribution in [0.25, 0.3) is 0 Å². The number of carbonyl (C=O) groups excluding carboxylic acids is 2. The maximum Gasteiger partial charge on any atom is 0.407 e. The van der Waals surface area contributed by atoms with Crippen molar-refractivity contribution in [3.63, 3.8) is 0 Å². The summed E-state index contributed by atoms with van der Waals surface area (Å²) in [5.74, 6) is 0.641. The molecule has 9 heteroatoms. The number of carbonyl (C=O) groups is 2. The van der Waals surface area contributed by atoms with E-state index in [0.717, 1.165) is 5.56 Å². The number of alkyl carbamates (subject to hydrolysis) is 1. The Balaban J connectivity index is 1.53. The smallest absolute Gasteiger partial charge is 0.407 e. The SMILES string of the molecule is CCN1C(=O)N(OCc2ccccc2)CC[C@H]1c1cc(CCNC(=O)OC(C)(C)C)on1.